The maximum absolute atomic E-state index is 10.5. The van der Waals surface area contributed by atoms with Crippen molar-refractivity contribution in [2.24, 2.45) is 0 Å². The molecule has 0 atom stereocenters. The van der Waals surface area contributed by atoms with E-state index in [1.807, 2.05) is 0 Å². The van der Waals surface area contributed by atoms with Gasteiger partial charge in [0.2, 0.25) is 0 Å². The van der Waals surface area contributed by atoms with Crippen LogP contribution in [-0.4, -0.2) is 5.97 Å². The minimum Gasteiger partial charge on any atom is -0.462 e. The Balaban J connectivity index is 2.17. The molecule has 0 bridgehead atoms. The summed E-state index contributed by atoms with van der Waals surface area (Å²) in [5.41, 5.74) is 0. The van der Waals surface area contributed by atoms with Crippen LogP contribution in [0.3, 0.4) is 0 Å². The molecule has 0 saturated heterocycles. The summed E-state index contributed by atoms with van der Waals surface area (Å²) in [6.07, 6.45) is 2.82. The summed E-state index contributed by atoms with van der Waals surface area (Å²) in [6, 6.07) is 0. The van der Waals surface area contributed by atoms with Crippen molar-refractivity contribution in [2.75, 3.05) is 0 Å². The van der Waals surface area contributed by atoms with Gasteiger partial charge in [-0.05, 0) is 0 Å². The van der Waals surface area contributed by atoms with Crippen molar-refractivity contribution in [3.8, 4) is 0 Å². The summed E-state index contributed by atoms with van der Waals surface area (Å²) in [5.74, 6) is 0.329. The molecule has 1 aliphatic rings. The molecular formula is C6H6O3. The highest BCUT2D eigenvalue weighted by Crippen LogP contribution is 2.17. The van der Waals surface area contributed by atoms with Crippen LogP contribution in [0.4, 0.5) is 0 Å². The van der Waals surface area contributed by atoms with E-state index in [9.17, 15) is 4.79 Å². The molecule has 1 rings (SSSR count). The SMILES string of the molecule is C=COC(=O)CC1=CO1. The normalized spacial score (nSPS) is 13.1. The molecule has 0 amide bonds. The van der Waals surface area contributed by atoms with Crippen LogP contribution >= 0.6 is 0 Å². The van der Waals surface area contributed by atoms with E-state index in [1.165, 1.54) is 6.26 Å². The van der Waals surface area contributed by atoms with Gasteiger partial charge in [0.15, 0.2) is 0 Å². The summed E-state index contributed by atoms with van der Waals surface area (Å²) in [5, 5.41) is 0. The Morgan fingerprint density at radius 2 is 2.67 bits per heavy atom. The lowest BCUT2D eigenvalue weighted by Gasteiger charge is -1.90. The average molecular weight is 126 g/mol. The Kier molecular flexibility index (Phi) is 1.53. The van der Waals surface area contributed by atoms with E-state index in [-0.39, 0.29) is 12.4 Å². The van der Waals surface area contributed by atoms with Crippen LogP contribution in [0.25, 0.3) is 0 Å². The van der Waals surface area contributed by atoms with E-state index in [1.54, 1.807) is 0 Å². The number of carbonyl (C=O) groups excluding carboxylic acids is 1. The number of ether oxygens (including phenoxy) is 2. The monoisotopic (exact) mass is 126 g/mol. The minimum absolute atomic E-state index is 0.214. The van der Waals surface area contributed by atoms with Crippen molar-refractivity contribution in [1.82, 2.24) is 0 Å². The summed E-state index contributed by atoms with van der Waals surface area (Å²) in [7, 11) is 0. The van der Waals surface area contributed by atoms with E-state index in [0.29, 0.717) is 5.76 Å². The molecule has 48 valence electrons. The molecule has 0 aliphatic carbocycles. The lowest BCUT2D eigenvalue weighted by atomic mass is 10.4. The standard InChI is InChI=1S/C6H6O3/c1-2-8-6(7)3-5-4-9-5/h2,4H,1,3H2. The maximum Gasteiger partial charge on any atom is 0.318 e. The van der Waals surface area contributed by atoms with Gasteiger partial charge in [0, 0.05) is 0 Å². The Hall–Kier alpha value is -1.25. The van der Waals surface area contributed by atoms with E-state index in [2.05, 4.69) is 16.1 Å². The Morgan fingerprint density at radius 1 is 2.00 bits per heavy atom. The first kappa shape index (κ1) is 5.88. The summed E-state index contributed by atoms with van der Waals surface area (Å²) < 4.78 is 8.98. The lowest BCUT2D eigenvalue weighted by molar-refractivity contribution is -0.137. The highest BCUT2D eigenvalue weighted by molar-refractivity contribution is 5.73. The largest absolute Gasteiger partial charge is 0.462 e. The molecule has 0 N–H and O–H groups in total. The van der Waals surface area contributed by atoms with Gasteiger partial charge in [-0.25, -0.2) is 0 Å². The van der Waals surface area contributed by atoms with Crippen molar-refractivity contribution < 1.29 is 14.3 Å². The van der Waals surface area contributed by atoms with Crippen LogP contribution < -0.4 is 0 Å². The van der Waals surface area contributed by atoms with Gasteiger partial charge in [-0.1, -0.05) is 6.58 Å². The third kappa shape index (κ3) is 1.99. The first-order valence-electron chi connectivity index (χ1n) is 2.49. The maximum atomic E-state index is 10.5. The Bertz CT molecular complexity index is 169. The average Bonchev–Trinajstić information content (AvgIpc) is 2.50. The van der Waals surface area contributed by atoms with Gasteiger partial charge >= 0.3 is 5.97 Å². The third-order valence-corrected chi connectivity index (χ3v) is 0.818. The zero-order valence-corrected chi connectivity index (χ0v) is 4.79. The first-order valence-corrected chi connectivity index (χ1v) is 2.49. The summed E-state index contributed by atoms with van der Waals surface area (Å²) in [4.78, 5) is 10.5. The van der Waals surface area contributed by atoms with Crippen LogP contribution in [0.1, 0.15) is 6.42 Å². The quantitative estimate of drug-likeness (QED) is 0.417. The molecule has 0 spiro atoms. The number of esters is 1. The van der Waals surface area contributed by atoms with Crippen molar-refractivity contribution in [2.45, 2.75) is 6.42 Å². The predicted molar refractivity (Wildman–Crippen MR) is 30.1 cm³/mol. The van der Waals surface area contributed by atoms with Gasteiger partial charge in [-0.2, -0.15) is 0 Å². The number of carbonyl (C=O) groups is 1. The van der Waals surface area contributed by atoms with Crippen molar-refractivity contribution in [1.29, 1.82) is 0 Å². The molecule has 3 heteroatoms. The van der Waals surface area contributed by atoms with Crippen LogP contribution in [-0.2, 0) is 14.3 Å². The Morgan fingerprint density at radius 3 is 3.11 bits per heavy atom. The third-order valence-electron chi connectivity index (χ3n) is 0.818. The van der Waals surface area contributed by atoms with Crippen LogP contribution in [0.15, 0.2) is 24.9 Å². The van der Waals surface area contributed by atoms with Gasteiger partial charge in [-0.3, -0.25) is 4.79 Å². The molecule has 3 nitrogen and oxygen atoms in total. The van der Waals surface area contributed by atoms with Gasteiger partial charge in [-0.15, -0.1) is 0 Å². The van der Waals surface area contributed by atoms with Gasteiger partial charge in [0.1, 0.15) is 18.4 Å². The van der Waals surface area contributed by atoms with Gasteiger partial charge in [0.05, 0.1) is 6.26 Å². The van der Waals surface area contributed by atoms with Crippen molar-refractivity contribution in [3.05, 3.63) is 24.9 Å². The van der Waals surface area contributed by atoms with E-state index < -0.39 is 0 Å². The van der Waals surface area contributed by atoms with Crippen LogP contribution in [0.2, 0.25) is 0 Å². The van der Waals surface area contributed by atoms with E-state index in [0.717, 1.165) is 6.26 Å². The van der Waals surface area contributed by atoms with E-state index in [4.69, 9.17) is 0 Å². The highest BCUT2D eigenvalue weighted by atomic mass is 16.6. The molecule has 1 heterocycles. The van der Waals surface area contributed by atoms with Crippen LogP contribution in [0.5, 0.6) is 0 Å². The molecule has 0 fully saturated rings. The second-order valence-electron chi connectivity index (χ2n) is 1.54. The highest BCUT2D eigenvalue weighted by Gasteiger charge is 2.14. The van der Waals surface area contributed by atoms with Crippen molar-refractivity contribution >= 4 is 5.97 Å². The molecule has 0 saturated carbocycles. The van der Waals surface area contributed by atoms with Crippen LogP contribution in [0, 0.1) is 0 Å². The fourth-order valence-corrected chi connectivity index (χ4v) is 0.402. The molecule has 9 heavy (non-hydrogen) atoms. The molecule has 0 radical (unpaired) electrons. The topological polar surface area (TPSA) is 38.8 Å². The Labute approximate surface area is 52.6 Å². The van der Waals surface area contributed by atoms with Gasteiger partial charge < -0.3 is 9.47 Å². The number of hydrogen-bond donors (Lipinski definition) is 0. The zero-order valence-electron chi connectivity index (χ0n) is 4.79. The summed E-state index contributed by atoms with van der Waals surface area (Å²) in [6.45, 7) is 3.23. The summed E-state index contributed by atoms with van der Waals surface area (Å²) >= 11 is 0. The molecule has 1 aliphatic heterocycles. The van der Waals surface area contributed by atoms with Gasteiger partial charge in [0.25, 0.3) is 0 Å². The molecule has 0 aromatic carbocycles. The second kappa shape index (κ2) is 2.35. The molecule has 0 aromatic rings. The van der Waals surface area contributed by atoms with Crippen molar-refractivity contribution in [3.63, 3.8) is 0 Å². The minimum atomic E-state index is -0.339. The smallest absolute Gasteiger partial charge is 0.318 e. The first-order chi connectivity index (χ1) is 4.33. The fraction of sp³-hybridized carbons (Fsp3) is 0.167. The molecular weight excluding hydrogens is 120 g/mol. The zero-order chi connectivity index (χ0) is 6.69. The molecule has 0 aromatic heterocycles. The van der Waals surface area contributed by atoms with E-state index >= 15 is 0 Å². The molecule has 0 unspecified atom stereocenters. The predicted octanol–water partition coefficient (Wildman–Crippen LogP) is 0.935. The lowest BCUT2D eigenvalue weighted by Crippen LogP contribution is -1.96. The fourth-order valence-electron chi connectivity index (χ4n) is 0.402. The second-order valence-corrected chi connectivity index (χ2v) is 1.54. The number of hydrogen-bond acceptors (Lipinski definition) is 3. The number of rotatable bonds is 3.